The number of fused-ring (bicyclic) bond motifs is 1. The predicted octanol–water partition coefficient (Wildman–Crippen LogP) is 0.590. The SMILES string of the molecule is CNS(=O)(=O)[N-]c1nccc(Cc2c(C)c3cc(C)c(Oc4ncccn4)cc3oc2=O)c1F.[K+]. The van der Waals surface area contributed by atoms with Crippen molar-refractivity contribution in [1.29, 1.82) is 0 Å². The summed E-state index contributed by atoms with van der Waals surface area (Å²) in [4.78, 5) is 24.5. The van der Waals surface area contributed by atoms with Crippen molar-refractivity contribution in [2.75, 3.05) is 7.05 Å². The minimum absolute atomic E-state index is 0. The molecule has 13 heteroatoms. The van der Waals surface area contributed by atoms with E-state index in [9.17, 15) is 17.6 Å². The van der Waals surface area contributed by atoms with Crippen LogP contribution in [0.25, 0.3) is 15.7 Å². The molecule has 3 heterocycles. The Labute approximate surface area is 243 Å². The van der Waals surface area contributed by atoms with Crippen LogP contribution in [0.15, 0.2) is 52.1 Å². The first kappa shape index (κ1) is 27.3. The molecule has 0 fully saturated rings. The largest absolute Gasteiger partial charge is 1.00 e. The molecule has 0 bridgehead atoms. The van der Waals surface area contributed by atoms with E-state index in [1.165, 1.54) is 12.3 Å². The van der Waals surface area contributed by atoms with Crippen molar-refractivity contribution in [3.05, 3.63) is 86.1 Å². The summed E-state index contributed by atoms with van der Waals surface area (Å²) in [7, 11) is -2.94. The van der Waals surface area contributed by atoms with Crippen LogP contribution in [0, 0.1) is 19.7 Å². The van der Waals surface area contributed by atoms with Crippen LogP contribution in [0.4, 0.5) is 10.2 Å². The Morgan fingerprint density at radius 3 is 2.54 bits per heavy atom. The van der Waals surface area contributed by atoms with Gasteiger partial charge < -0.3 is 18.9 Å². The Morgan fingerprint density at radius 1 is 1.14 bits per heavy atom. The summed E-state index contributed by atoms with van der Waals surface area (Å²) in [6.45, 7) is 3.55. The molecule has 0 unspecified atom stereocenters. The van der Waals surface area contributed by atoms with Crippen molar-refractivity contribution in [1.82, 2.24) is 19.7 Å². The zero-order valence-corrected chi connectivity index (χ0v) is 23.3. The van der Waals surface area contributed by atoms with Crippen LogP contribution in [0.3, 0.4) is 0 Å². The number of pyridine rings is 1. The summed E-state index contributed by atoms with van der Waals surface area (Å²) in [5.74, 6) is -1.12. The zero-order chi connectivity index (χ0) is 24.5. The van der Waals surface area contributed by atoms with E-state index < -0.39 is 27.5 Å². The van der Waals surface area contributed by atoms with E-state index in [2.05, 4.69) is 19.7 Å². The number of aromatic nitrogens is 3. The molecule has 0 radical (unpaired) electrons. The number of benzene rings is 1. The van der Waals surface area contributed by atoms with Gasteiger partial charge in [0.1, 0.15) is 17.1 Å². The fourth-order valence-electron chi connectivity index (χ4n) is 3.30. The summed E-state index contributed by atoms with van der Waals surface area (Å²) in [6.07, 6.45) is 4.16. The first-order valence-corrected chi connectivity index (χ1v) is 11.4. The van der Waals surface area contributed by atoms with Gasteiger partial charge in [0.05, 0.1) is 0 Å². The number of nitrogens with one attached hydrogen (secondary N) is 1. The normalized spacial score (nSPS) is 11.2. The van der Waals surface area contributed by atoms with E-state index in [1.54, 1.807) is 37.5 Å². The molecule has 4 rings (SSSR count). The molecule has 176 valence electrons. The number of halogens is 1. The van der Waals surface area contributed by atoms with Gasteiger partial charge >= 0.3 is 63.0 Å². The third kappa shape index (κ3) is 6.12. The van der Waals surface area contributed by atoms with Crippen molar-refractivity contribution >= 4 is 27.0 Å². The average molecular weight is 524 g/mol. The molecule has 0 spiro atoms. The van der Waals surface area contributed by atoms with Gasteiger partial charge in [0, 0.05) is 35.8 Å². The molecule has 4 aromatic rings. The second-order valence-electron chi connectivity index (χ2n) is 7.30. The number of rotatable bonds is 7. The van der Waals surface area contributed by atoms with Gasteiger partial charge in [-0.05, 0) is 55.5 Å². The van der Waals surface area contributed by atoms with E-state index in [1.807, 2.05) is 11.6 Å². The average Bonchev–Trinajstić information content (AvgIpc) is 2.81. The Hall–Kier alpha value is -2.26. The standard InChI is InChI=1S/C22H19FN5O5S.K/c1-12-9-15-13(2)16(10-14-5-8-25-20(19(14)23)28-34(30,31)24-3)21(29)32-18(15)11-17(12)33-22-26-6-4-7-27-22;/h4-9,11,24H,10H2,1-3H3;/q-1;+1. The van der Waals surface area contributed by atoms with Gasteiger partial charge in [-0.15, -0.1) is 0 Å². The van der Waals surface area contributed by atoms with Crippen LogP contribution < -0.4 is 66.5 Å². The van der Waals surface area contributed by atoms with Crippen LogP contribution in [0.5, 0.6) is 11.8 Å². The van der Waals surface area contributed by atoms with Crippen LogP contribution in [-0.4, -0.2) is 30.4 Å². The van der Waals surface area contributed by atoms with Crippen molar-refractivity contribution in [2.45, 2.75) is 20.3 Å². The molecule has 0 amide bonds. The van der Waals surface area contributed by atoms with Crippen LogP contribution in [-0.2, 0) is 16.6 Å². The van der Waals surface area contributed by atoms with E-state index in [0.717, 1.165) is 12.6 Å². The summed E-state index contributed by atoms with van der Waals surface area (Å²) >= 11 is 0. The van der Waals surface area contributed by atoms with Gasteiger partial charge in [-0.25, -0.2) is 32.3 Å². The summed E-state index contributed by atoms with van der Waals surface area (Å²) in [6, 6.07) is 6.53. The molecule has 10 nitrogen and oxygen atoms in total. The monoisotopic (exact) mass is 523 g/mol. The minimum atomic E-state index is -4.09. The first-order valence-electron chi connectivity index (χ1n) is 10.00. The van der Waals surface area contributed by atoms with Gasteiger partial charge in [-0.2, -0.15) is 0 Å². The Balaban J connectivity index is 0.00000342. The molecule has 0 atom stereocenters. The van der Waals surface area contributed by atoms with E-state index >= 15 is 0 Å². The van der Waals surface area contributed by atoms with E-state index in [0.29, 0.717) is 16.7 Å². The minimum Gasteiger partial charge on any atom is -0.440 e. The third-order valence-corrected chi connectivity index (χ3v) is 6.04. The molecular weight excluding hydrogens is 504 g/mol. The van der Waals surface area contributed by atoms with Gasteiger partial charge in [-0.3, -0.25) is 0 Å². The van der Waals surface area contributed by atoms with Crippen molar-refractivity contribution in [3.63, 3.8) is 0 Å². The fraction of sp³-hybridized carbons (Fsp3) is 0.182. The molecule has 0 aliphatic carbocycles. The molecule has 0 aliphatic heterocycles. The van der Waals surface area contributed by atoms with E-state index in [-0.39, 0.29) is 80.5 Å². The second kappa shape index (κ2) is 11.2. The quantitative estimate of drug-likeness (QED) is 0.274. The Bertz CT molecular complexity index is 1550. The first-order chi connectivity index (χ1) is 16.2. The Kier molecular flexibility index (Phi) is 8.75. The summed E-state index contributed by atoms with van der Waals surface area (Å²) in [5, 5.41) is 0.644. The van der Waals surface area contributed by atoms with Gasteiger partial charge in [0.2, 0.25) is 10.2 Å². The van der Waals surface area contributed by atoms with Gasteiger partial charge in [-0.1, -0.05) is 12.3 Å². The molecular formula is C22H19FKN5O5S. The van der Waals surface area contributed by atoms with Crippen LogP contribution >= 0.6 is 0 Å². The van der Waals surface area contributed by atoms with Crippen molar-refractivity contribution in [3.8, 4) is 11.8 Å². The maximum Gasteiger partial charge on any atom is 1.00 e. The fourth-order valence-corrected chi connectivity index (χ4v) is 3.74. The molecule has 1 aromatic carbocycles. The number of ether oxygens (including phenoxy) is 1. The van der Waals surface area contributed by atoms with Gasteiger partial charge in [0.15, 0.2) is 0 Å². The molecule has 35 heavy (non-hydrogen) atoms. The molecule has 0 saturated carbocycles. The molecule has 0 saturated heterocycles. The molecule has 3 aromatic heterocycles. The zero-order valence-electron chi connectivity index (χ0n) is 19.4. The topological polar surface area (TPSA) is 138 Å². The maximum atomic E-state index is 14.9. The molecule has 0 aliphatic rings. The summed E-state index contributed by atoms with van der Waals surface area (Å²) in [5.41, 5.74) is 1.24. The third-order valence-electron chi connectivity index (χ3n) is 5.11. The number of hydrogen-bond donors (Lipinski definition) is 1. The van der Waals surface area contributed by atoms with Gasteiger partial charge in [0.25, 0.3) is 0 Å². The second-order valence-corrected chi connectivity index (χ2v) is 8.84. The number of aryl methyl sites for hydroxylation is 2. The Morgan fingerprint density at radius 2 is 1.86 bits per heavy atom. The van der Waals surface area contributed by atoms with Crippen molar-refractivity contribution in [2.24, 2.45) is 0 Å². The van der Waals surface area contributed by atoms with E-state index in [4.69, 9.17) is 9.15 Å². The number of nitrogens with zero attached hydrogens (tertiary/aromatic N) is 4. The number of hydrogen-bond acceptors (Lipinski definition) is 8. The summed E-state index contributed by atoms with van der Waals surface area (Å²) < 4.78 is 54.7. The molecule has 1 N–H and O–H groups in total. The van der Waals surface area contributed by atoms with Crippen LogP contribution in [0.2, 0.25) is 0 Å². The maximum absolute atomic E-state index is 14.9. The van der Waals surface area contributed by atoms with Crippen LogP contribution in [0.1, 0.15) is 22.3 Å². The smallest absolute Gasteiger partial charge is 0.440 e. The van der Waals surface area contributed by atoms with Crippen molar-refractivity contribution < 1.29 is 73.3 Å². The predicted molar refractivity (Wildman–Crippen MR) is 122 cm³/mol.